The molecule has 2 aromatic rings. The summed E-state index contributed by atoms with van der Waals surface area (Å²) >= 11 is 0. The van der Waals surface area contributed by atoms with E-state index in [1.165, 1.54) is 20.3 Å². The maximum atomic E-state index is 12.4. The molecule has 9 nitrogen and oxygen atoms in total. The van der Waals surface area contributed by atoms with Gasteiger partial charge in [0.05, 0.1) is 27.9 Å². The average molecular weight is 469 g/mol. The van der Waals surface area contributed by atoms with Crippen molar-refractivity contribution >= 4 is 18.0 Å². The van der Waals surface area contributed by atoms with E-state index >= 15 is 0 Å². The third-order valence-corrected chi connectivity index (χ3v) is 4.75. The van der Waals surface area contributed by atoms with Crippen molar-refractivity contribution in [2.24, 2.45) is 0 Å². The van der Waals surface area contributed by atoms with Gasteiger partial charge < -0.3 is 29.0 Å². The first kappa shape index (κ1) is 26.2. The lowest BCUT2D eigenvalue weighted by Crippen LogP contribution is -2.27. The molecule has 9 heteroatoms. The first-order chi connectivity index (χ1) is 16.4. The molecular weight excluding hydrogens is 440 g/mol. The van der Waals surface area contributed by atoms with E-state index in [0.29, 0.717) is 35.8 Å². The van der Waals surface area contributed by atoms with Gasteiger partial charge in [0.25, 0.3) is 5.91 Å². The van der Waals surface area contributed by atoms with Gasteiger partial charge in [0, 0.05) is 20.1 Å². The Labute approximate surface area is 198 Å². The van der Waals surface area contributed by atoms with E-state index in [2.05, 4.69) is 5.32 Å². The molecule has 0 saturated heterocycles. The van der Waals surface area contributed by atoms with Crippen LogP contribution in [0.3, 0.4) is 0 Å². The number of aryl methyl sites for hydroxylation is 1. The van der Waals surface area contributed by atoms with Crippen LogP contribution in [0.25, 0.3) is 6.08 Å². The molecule has 34 heavy (non-hydrogen) atoms. The summed E-state index contributed by atoms with van der Waals surface area (Å²) < 4.78 is 26.2. The van der Waals surface area contributed by atoms with Crippen molar-refractivity contribution in [1.82, 2.24) is 5.32 Å². The molecule has 0 radical (unpaired) electrons. The Morgan fingerprint density at radius 2 is 1.62 bits per heavy atom. The molecule has 0 spiro atoms. The number of methoxy groups -OCH3 is 4. The van der Waals surface area contributed by atoms with Crippen LogP contribution in [-0.4, -0.2) is 53.5 Å². The van der Waals surface area contributed by atoms with E-state index in [0.717, 1.165) is 5.56 Å². The number of carbonyl (C=O) groups excluding carboxylic acids is 2. The lowest BCUT2D eigenvalue weighted by Gasteiger charge is -2.11. The quantitative estimate of drug-likeness (QED) is 0.166. The Kier molecular flexibility index (Phi) is 10.4. The van der Waals surface area contributed by atoms with Crippen molar-refractivity contribution in [3.63, 3.8) is 0 Å². The van der Waals surface area contributed by atoms with E-state index in [9.17, 15) is 14.9 Å². The molecule has 0 aliphatic rings. The fourth-order valence-electron chi connectivity index (χ4n) is 2.99. The van der Waals surface area contributed by atoms with Gasteiger partial charge in [0.15, 0.2) is 23.0 Å². The number of ether oxygens (including phenoxy) is 5. The van der Waals surface area contributed by atoms with Crippen LogP contribution < -0.4 is 24.3 Å². The molecule has 0 heterocycles. The minimum absolute atomic E-state index is 0.0715. The van der Waals surface area contributed by atoms with Crippen molar-refractivity contribution in [3.05, 3.63) is 53.1 Å². The Morgan fingerprint density at radius 1 is 0.941 bits per heavy atom. The Balaban J connectivity index is 2.05. The molecule has 1 N–H and O–H groups in total. The largest absolute Gasteiger partial charge is 0.493 e. The van der Waals surface area contributed by atoms with E-state index in [1.807, 2.05) is 18.2 Å². The van der Waals surface area contributed by atoms with Crippen molar-refractivity contribution in [2.75, 3.05) is 41.6 Å². The molecule has 0 aliphatic heterocycles. The molecule has 0 bridgehead atoms. The fraction of sp³-hybridized carbons (Fsp3) is 0.320. The van der Waals surface area contributed by atoms with Crippen LogP contribution >= 0.6 is 0 Å². The highest BCUT2D eigenvalue weighted by Gasteiger charge is 2.14. The molecule has 2 rings (SSSR count). The lowest BCUT2D eigenvalue weighted by atomic mass is 10.1. The highest BCUT2D eigenvalue weighted by molar-refractivity contribution is 6.01. The van der Waals surface area contributed by atoms with Gasteiger partial charge in [0.2, 0.25) is 0 Å². The smallest absolute Gasteiger partial charge is 0.311 e. The Bertz CT molecular complexity index is 1070. The number of esters is 1. The zero-order valence-corrected chi connectivity index (χ0v) is 19.7. The van der Waals surface area contributed by atoms with Gasteiger partial charge in [-0.05, 0) is 47.9 Å². The summed E-state index contributed by atoms with van der Waals surface area (Å²) in [6.45, 7) is 0.625. The lowest BCUT2D eigenvalue weighted by molar-refractivity contribution is -0.134. The number of nitriles is 1. The molecule has 0 unspecified atom stereocenters. The average Bonchev–Trinajstić information content (AvgIpc) is 2.86. The molecule has 180 valence electrons. The Morgan fingerprint density at radius 3 is 2.26 bits per heavy atom. The van der Waals surface area contributed by atoms with Gasteiger partial charge in [0.1, 0.15) is 11.6 Å². The summed E-state index contributed by atoms with van der Waals surface area (Å²) in [5.41, 5.74) is 1.37. The van der Waals surface area contributed by atoms with Gasteiger partial charge >= 0.3 is 5.97 Å². The predicted molar refractivity (Wildman–Crippen MR) is 125 cm³/mol. The summed E-state index contributed by atoms with van der Waals surface area (Å²) in [5.74, 6) is 0.781. The SMILES string of the molecule is COCCNC(=O)/C(C#N)=C/c1ccc(OC(=O)CCc2ccc(OC)c(OC)c2)c(OC)c1. The molecule has 2 aromatic carbocycles. The maximum absolute atomic E-state index is 12.4. The fourth-order valence-corrected chi connectivity index (χ4v) is 2.99. The summed E-state index contributed by atoms with van der Waals surface area (Å²) in [7, 11) is 6.06. The summed E-state index contributed by atoms with van der Waals surface area (Å²) in [5, 5.41) is 11.9. The number of nitrogens with zero attached hydrogens (tertiary/aromatic N) is 1. The molecule has 0 aromatic heterocycles. The number of nitrogens with one attached hydrogen (secondary N) is 1. The highest BCUT2D eigenvalue weighted by atomic mass is 16.6. The predicted octanol–water partition coefficient (Wildman–Crippen LogP) is 2.92. The molecule has 1 amide bonds. The number of rotatable bonds is 12. The first-order valence-electron chi connectivity index (χ1n) is 10.4. The Hall–Kier alpha value is -4.03. The monoisotopic (exact) mass is 468 g/mol. The minimum atomic E-state index is -0.510. The second-order valence-corrected chi connectivity index (χ2v) is 6.99. The van der Waals surface area contributed by atoms with Crippen LogP contribution in [0.15, 0.2) is 42.0 Å². The van der Waals surface area contributed by atoms with E-state index < -0.39 is 11.9 Å². The van der Waals surface area contributed by atoms with Crippen molar-refractivity contribution in [3.8, 4) is 29.1 Å². The normalized spacial score (nSPS) is 10.7. The van der Waals surface area contributed by atoms with Crippen LogP contribution in [0.5, 0.6) is 23.0 Å². The molecule has 0 saturated carbocycles. The zero-order valence-electron chi connectivity index (χ0n) is 19.7. The topological polar surface area (TPSA) is 116 Å². The molecule has 0 atom stereocenters. The van der Waals surface area contributed by atoms with Crippen molar-refractivity contribution in [1.29, 1.82) is 5.26 Å². The van der Waals surface area contributed by atoms with Crippen molar-refractivity contribution < 1.29 is 33.3 Å². The summed E-state index contributed by atoms with van der Waals surface area (Å²) in [4.78, 5) is 24.5. The number of benzene rings is 2. The second kappa shape index (κ2) is 13.5. The third kappa shape index (κ3) is 7.53. The number of carbonyl (C=O) groups is 2. The molecule has 0 fully saturated rings. The number of hydrogen-bond donors (Lipinski definition) is 1. The van der Waals surface area contributed by atoms with Gasteiger partial charge in [-0.25, -0.2) is 0 Å². The summed E-state index contributed by atoms with van der Waals surface area (Å²) in [6, 6.07) is 12.1. The minimum Gasteiger partial charge on any atom is -0.493 e. The maximum Gasteiger partial charge on any atom is 0.311 e. The van der Waals surface area contributed by atoms with E-state index in [1.54, 1.807) is 38.5 Å². The number of hydrogen-bond acceptors (Lipinski definition) is 8. The molecule has 0 aliphatic carbocycles. The van der Waals surface area contributed by atoms with Crippen LogP contribution in [-0.2, 0) is 20.7 Å². The first-order valence-corrected chi connectivity index (χ1v) is 10.4. The molecular formula is C25H28N2O7. The van der Waals surface area contributed by atoms with Crippen LogP contribution in [0, 0.1) is 11.3 Å². The van der Waals surface area contributed by atoms with E-state index in [-0.39, 0.29) is 24.3 Å². The zero-order chi connectivity index (χ0) is 24.9. The third-order valence-electron chi connectivity index (χ3n) is 4.75. The van der Waals surface area contributed by atoms with Gasteiger partial charge in [-0.1, -0.05) is 12.1 Å². The van der Waals surface area contributed by atoms with Gasteiger partial charge in [-0.15, -0.1) is 0 Å². The van der Waals surface area contributed by atoms with Crippen LogP contribution in [0.4, 0.5) is 0 Å². The number of amides is 1. The summed E-state index contributed by atoms with van der Waals surface area (Å²) in [6.07, 6.45) is 2.01. The highest BCUT2D eigenvalue weighted by Crippen LogP contribution is 2.30. The van der Waals surface area contributed by atoms with Gasteiger partial charge in [-0.2, -0.15) is 5.26 Å². The van der Waals surface area contributed by atoms with Crippen LogP contribution in [0.1, 0.15) is 17.5 Å². The standard InChI is InChI=1S/C25H28N2O7/c1-30-12-11-27-25(29)19(16-26)13-18-6-9-21(23(15-18)33-4)34-24(28)10-7-17-5-8-20(31-2)22(14-17)32-3/h5-6,8-9,13-15H,7,10-12H2,1-4H3,(H,27,29)/b19-13+. The van der Waals surface area contributed by atoms with E-state index in [4.69, 9.17) is 23.7 Å². The van der Waals surface area contributed by atoms with Gasteiger partial charge in [-0.3, -0.25) is 9.59 Å². The second-order valence-electron chi connectivity index (χ2n) is 6.99. The van der Waals surface area contributed by atoms with Crippen LogP contribution in [0.2, 0.25) is 0 Å². The van der Waals surface area contributed by atoms with Crippen molar-refractivity contribution in [2.45, 2.75) is 12.8 Å².